The highest BCUT2D eigenvalue weighted by Crippen LogP contribution is 2.16. The largest absolute Gasteiger partial charge is 0.471 e. The molecule has 0 fully saturated rings. The number of ether oxygens (including phenoxy) is 1. The van der Waals surface area contributed by atoms with Crippen molar-refractivity contribution in [3.63, 3.8) is 0 Å². The molecule has 0 spiro atoms. The number of rotatable bonds is 6. The predicted octanol–water partition coefficient (Wildman–Crippen LogP) is 4.69. The maximum absolute atomic E-state index is 12.6. The summed E-state index contributed by atoms with van der Waals surface area (Å²) in [7, 11) is 0. The molecule has 0 heterocycles. The summed E-state index contributed by atoms with van der Waals surface area (Å²) >= 11 is 5.85. The summed E-state index contributed by atoms with van der Waals surface area (Å²) in [5, 5.41) is 3.52. The van der Waals surface area contributed by atoms with E-state index in [1.807, 2.05) is 44.2 Å². The molecule has 24 heavy (non-hydrogen) atoms. The summed E-state index contributed by atoms with van der Waals surface area (Å²) in [6, 6.07) is 16.9. The van der Waals surface area contributed by atoms with E-state index in [2.05, 4.69) is 5.32 Å². The number of benzene rings is 2. The van der Waals surface area contributed by atoms with Crippen molar-refractivity contribution in [1.82, 2.24) is 10.2 Å². The van der Waals surface area contributed by atoms with E-state index in [1.165, 1.54) is 0 Å². The predicted molar refractivity (Wildman–Crippen MR) is 97.2 cm³/mol. The molecule has 1 atom stereocenters. The van der Waals surface area contributed by atoms with Gasteiger partial charge in [-0.15, -0.1) is 0 Å². The average Bonchev–Trinajstić information content (AvgIpc) is 2.55. The fraction of sp³-hybridized carbons (Fsp3) is 0.316. The summed E-state index contributed by atoms with van der Waals surface area (Å²) in [6.45, 7) is 6.34. The Bertz CT molecular complexity index is 644. The van der Waals surface area contributed by atoms with Gasteiger partial charge in [-0.2, -0.15) is 0 Å². The lowest BCUT2D eigenvalue weighted by Crippen LogP contribution is -2.48. The number of hydrogen-bond acceptors (Lipinski definition) is 2. The van der Waals surface area contributed by atoms with Gasteiger partial charge in [0.2, 0.25) is 0 Å². The summed E-state index contributed by atoms with van der Waals surface area (Å²) in [6.07, 6.45) is -0.448. The molecule has 5 heteroatoms. The fourth-order valence-corrected chi connectivity index (χ4v) is 2.40. The van der Waals surface area contributed by atoms with Crippen LogP contribution in [0.2, 0.25) is 5.02 Å². The highest BCUT2D eigenvalue weighted by Gasteiger charge is 2.19. The number of urea groups is 1. The van der Waals surface area contributed by atoms with Gasteiger partial charge in [0.1, 0.15) is 5.75 Å². The van der Waals surface area contributed by atoms with E-state index in [4.69, 9.17) is 16.3 Å². The van der Waals surface area contributed by atoms with Gasteiger partial charge in [-0.3, -0.25) is 0 Å². The van der Waals surface area contributed by atoms with Crippen LogP contribution in [0, 0.1) is 0 Å². The second-order valence-corrected chi connectivity index (χ2v) is 6.31. The number of carbonyl (C=O) groups is 1. The molecule has 2 aromatic rings. The van der Waals surface area contributed by atoms with E-state index >= 15 is 0 Å². The Morgan fingerprint density at radius 1 is 1.08 bits per heavy atom. The van der Waals surface area contributed by atoms with Gasteiger partial charge in [0.25, 0.3) is 0 Å². The van der Waals surface area contributed by atoms with Crippen molar-refractivity contribution in [1.29, 1.82) is 0 Å². The quantitative estimate of drug-likeness (QED) is 0.771. The minimum absolute atomic E-state index is 0.0768. The number of nitrogens with one attached hydrogen (secondary N) is 1. The summed E-state index contributed by atoms with van der Waals surface area (Å²) in [5.74, 6) is 0.659. The van der Waals surface area contributed by atoms with E-state index in [0.29, 0.717) is 17.3 Å². The fourth-order valence-electron chi connectivity index (χ4n) is 2.27. The van der Waals surface area contributed by atoms with Crippen LogP contribution in [0.15, 0.2) is 54.6 Å². The minimum Gasteiger partial charge on any atom is -0.471 e. The summed E-state index contributed by atoms with van der Waals surface area (Å²) < 4.78 is 5.70. The van der Waals surface area contributed by atoms with E-state index in [9.17, 15) is 4.79 Å². The Balaban J connectivity index is 1.95. The lowest BCUT2D eigenvalue weighted by atomic mass is 10.2. The van der Waals surface area contributed by atoms with Crippen molar-refractivity contribution in [2.24, 2.45) is 0 Å². The lowest BCUT2D eigenvalue weighted by molar-refractivity contribution is 0.142. The number of nitrogens with zero attached hydrogens (tertiary/aromatic N) is 1. The van der Waals surface area contributed by atoms with Crippen LogP contribution in [0.1, 0.15) is 26.3 Å². The number of halogens is 1. The minimum atomic E-state index is -0.448. The molecule has 0 saturated heterocycles. The van der Waals surface area contributed by atoms with Gasteiger partial charge in [-0.25, -0.2) is 4.79 Å². The van der Waals surface area contributed by atoms with Crippen LogP contribution in [0.3, 0.4) is 0 Å². The van der Waals surface area contributed by atoms with E-state index in [1.54, 1.807) is 36.1 Å². The van der Waals surface area contributed by atoms with Crippen molar-refractivity contribution >= 4 is 17.6 Å². The van der Waals surface area contributed by atoms with Crippen LogP contribution in [0.25, 0.3) is 0 Å². The van der Waals surface area contributed by atoms with Gasteiger partial charge in [0.15, 0.2) is 6.23 Å². The molecule has 0 aliphatic rings. The van der Waals surface area contributed by atoms with E-state index < -0.39 is 6.23 Å². The van der Waals surface area contributed by atoms with Gasteiger partial charge in [-0.05, 0) is 50.6 Å². The van der Waals surface area contributed by atoms with Crippen molar-refractivity contribution in [2.45, 2.75) is 39.6 Å². The van der Waals surface area contributed by atoms with Crippen LogP contribution in [-0.4, -0.2) is 23.2 Å². The molecule has 0 aliphatic carbocycles. The molecule has 0 aliphatic heterocycles. The smallest absolute Gasteiger partial charge is 0.320 e. The SMILES string of the molecule is CC(NC(=O)N(Cc1ccccc1)C(C)C)Oc1ccc(Cl)cc1. The monoisotopic (exact) mass is 346 g/mol. The van der Waals surface area contributed by atoms with E-state index in [0.717, 1.165) is 5.56 Å². The van der Waals surface area contributed by atoms with Crippen molar-refractivity contribution in [3.8, 4) is 5.75 Å². The third-order valence-corrected chi connectivity index (χ3v) is 3.79. The molecule has 4 nitrogen and oxygen atoms in total. The van der Waals surface area contributed by atoms with Gasteiger partial charge in [-0.1, -0.05) is 41.9 Å². The van der Waals surface area contributed by atoms with Gasteiger partial charge in [0.05, 0.1) is 0 Å². The maximum Gasteiger partial charge on any atom is 0.320 e. The summed E-state index contributed by atoms with van der Waals surface area (Å²) in [5.41, 5.74) is 1.09. The average molecular weight is 347 g/mol. The van der Waals surface area contributed by atoms with Crippen molar-refractivity contribution < 1.29 is 9.53 Å². The third-order valence-electron chi connectivity index (χ3n) is 3.53. The van der Waals surface area contributed by atoms with Crippen molar-refractivity contribution in [2.75, 3.05) is 0 Å². The molecule has 0 bridgehead atoms. The first-order chi connectivity index (χ1) is 11.5. The van der Waals surface area contributed by atoms with Crippen LogP contribution in [0.5, 0.6) is 5.75 Å². The van der Waals surface area contributed by atoms with Crippen LogP contribution in [0.4, 0.5) is 4.79 Å². The summed E-state index contributed by atoms with van der Waals surface area (Å²) in [4.78, 5) is 14.3. The third kappa shape index (κ3) is 5.46. The Labute approximate surface area is 148 Å². The molecule has 0 aromatic heterocycles. The molecule has 1 N–H and O–H groups in total. The zero-order chi connectivity index (χ0) is 17.5. The van der Waals surface area contributed by atoms with Crippen molar-refractivity contribution in [3.05, 3.63) is 65.2 Å². The first kappa shape index (κ1) is 18.1. The van der Waals surface area contributed by atoms with Crippen LogP contribution in [-0.2, 0) is 6.54 Å². The molecule has 0 radical (unpaired) electrons. The first-order valence-electron chi connectivity index (χ1n) is 7.99. The second-order valence-electron chi connectivity index (χ2n) is 5.87. The van der Waals surface area contributed by atoms with Crippen LogP contribution < -0.4 is 10.1 Å². The number of hydrogen-bond donors (Lipinski definition) is 1. The zero-order valence-electron chi connectivity index (χ0n) is 14.2. The normalized spacial score (nSPS) is 11.9. The standard InChI is InChI=1S/C19H23ClN2O2/c1-14(2)22(13-16-7-5-4-6-8-16)19(23)21-15(3)24-18-11-9-17(20)10-12-18/h4-12,14-15H,13H2,1-3H3,(H,21,23). The highest BCUT2D eigenvalue weighted by atomic mass is 35.5. The molecular weight excluding hydrogens is 324 g/mol. The first-order valence-corrected chi connectivity index (χ1v) is 8.37. The molecular formula is C19H23ClN2O2. The lowest BCUT2D eigenvalue weighted by Gasteiger charge is -2.29. The molecule has 2 rings (SSSR count). The Hall–Kier alpha value is -2.20. The Morgan fingerprint density at radius 2 is 1.71 bits per heavy atom. The van der Waals surface area contributed by atoms with Gasteiger partial charge in [0, 0.05) is 17.6 Å². The topological polar surface area (TPSA) is 41.6 Å². The Kier molecular flexibility index (Phi) is 6.50. The van der Waals surface area contributed by atoms with E-state index in [-0.39, 0.29) is 12.1 Å². The highest BCUT2D eigenvalue weighted by molar-refractivity contribution is 6.30. The Morgan fingerprint density at radius 3 is 2.29 bits per heavy atom. The maximum atomic E-state index is 12.6. The van der Waals surface area contributed by atoms with Gasteiger partial charge < -0.3 is 15.0 Å². The van der Waals surface area contributed by atoms with Crippen LogP contribution >= 0.6 is 11.6 Å². The number of amides is 2. The molecule has 2 aromatic carbocycles. The second kappa shape index (κ2) is 8.60. The molecule has 2 amide bonds. The van der Waals surface area contributed by atoms with Gasteiger partial charge >= 0.3 is 6.03 Å². The molecule has 128 valence electrons. The molecule has 0 saturated carbocycles. The zero-order valence-corrected chi connectivity index (χ0v) is 15.0. The number of carbonyl (C=O) groups excluding carboxylic acids is 1. The molecule has 1 unspecified atom stereocenters.